The molecule has 1 atom stereocenters. The lowest BCUT2D eigenvalue weighted by atomic mass is 10.2. The monoisotopic (exact) mass is 351 g/mol. The summed E-state index contributed by atoms with van der Waals surface area (Å²) in [5.74, 6) is -0.312. The molecule has 2 amide bonds. The predicted molar refractivity (Wildman–Crippen MR) is 89.9 cm³/mol. The topological polar surface area (TPSA) is 80.3 Å². The largest absolute Gasteiger partial charge is 0.373 e. The fourth-order valence-corrected chi connectivity index (χ4v) is 3.85. The number of carbonyl (C=O) groups excluding carboxylic acids is 2. The van der Waals surface area contributed by atoms with Gasteiger partial charge in [0.25, 0.3) is 5.91 Å². The molecule has 6 nitrogen and oxygen atoms in total. The van der Waals surface area contributed by atoms with E-state index in [0.717, 1.165) is 24.3 Å². The van der Waals surface area contributed by atoms with Crippen molar-refractivity contribution in [2.24, 2.45) is 0 Å². The number of aromatic nitrogens is 1. The summed E-state index contributed by atoms with van der Waals surface area (Å²) in [4.78, 5) is 29.5. The third-order valence-electron chi connectivity index (χ3n) is 3.41. The highest BCUT2D eigenvalue weighted by molar-refractivity contribution is 7.14. The highest BCUT2D eigenvalue weighted by Crippen LogP contribution is 2.33. The van der Waals surface area contributed by atoms with Crippen molar-refractivity contribution in [3.8, 4) is 0 Å². The van der Waals surface area contributed by atoms with E-state index in [4.69, 9.17) is 4.74 Å². The molecule has 2 aromatic rings. The molecule has 2 N–H and O–H groups in total. The Morgan fingerprint density at radius 2 is 2.30 bits per heavy atom. The van der Waals surface area contributed by atoms with Gasteiger partial charge in [0.05, 0.1) is 11.0 Å². The van der Waals surface area contributed by atoms with Crippen LogP contribution in [0.4, 0.5) is 5.13 Å². The zero-order valence-electron chi connectivity index (χ0n) is 12.4. The molecule has 8 heteroatoms. The van der Waals surface area contributed by atoms with Crippen LogP contribution >= 0.6 is 22.7 Å². The Bertz CT molecular complexity index is 663. The van der Waals surface area contributed by atoms with Crippen molar-refractivity contribution in [1.29, 1.82) is 0 Å². The Balaban J connectivity index is 1.43. The van der Waals surface area contributed by atoms with Crippen molar-refractivity contribution in [3.05, 3.63) is 33.5 Å². The van der Waals surface area contributed by atoms with E-state index in [1.807, 2.05) is 12.1 Å². The second kappa shape index (κ2) is 7.67. The normalized spacial score (nSPS) is 17.1. The van der Waals surface area contributed by atoms with Gasteiger partial charge < -0.3 is 15.4 Å². The fourth-order valence-electron chi connectivity index (χ4n) is 2.29. The molecule has 0 saturated carbocycles. The second-order valence-corrected chi connectivity index (χ2v) is 7.10. The minimum atomic E-state index is -0.161. The van der Waals surface area contributed by atoms with Crippen LogP contribution in [0, 0.1) is 0 Å². The SMILES string of the molecule is O=C(CCNC(=O)c1ccc(C2CCCO2)s1)Nc1nccs1. The second-order valence-electron chi connectivity index (χ2n) is 5.10. The first-order valence-electron chi connectivity index (χ1n) is 7.41. The molecule has 1 aliphatic heterocycles. The fraction of sp³-hybridized carbons (Fsp3) is 0.400. The van der Waals surface area contributed by atoms with E-state index in [0.29, 0.717) is 16.6 Å². The van der Waals surface area contributed by atoms with Crippen LogP contribution in [0.15, 0.2) is 23.7 Å². The van der Waals surface area contributed by atoms with Crippen LogP contribution in [0.25, 0.3) is 0 Å². The molecular weight excluding hydrogens is 334 g/mol. The lowest BCUT2D eigenvalue weighted by Gasteiger charge is -2.05. The lowest BCUT2D eigenvalue weighted by molar-refractivity contribution is -0.116. The molecule has 0 aliphatic carbocycles. The predicted octanol–water partition coefficient (Wildman–Crippen LogP) is 2.81. The Kier molecular flexibility index (Phi) is 5.37. The maximum Gasteiger partial charge on any atom is 0.261 e. The summed E-state index contributed by atoms with van der Waals surface area (Å²) >= 11 is 2.82. The van der Waals surface area contributed by atoms with E-state index in [9.17, 15) is 9.59 Å². The summed E-state index contributed by atoms with van der Waals surface area (Å²) in [6, 6.07) is 3.76. The van der Waals surface area contributed by atoms with Gasteiger partial charge in [-0.15, -0.1) is 22.7 Å². The molecule has 1 unspecified atom stereocenters. The number of thiophene rings is 1. The molecule has 1 aliphatic rings. The minimum absolute atomic E-state index is 0.130. The third-order valence-corrected chi connectivity index (χ3v) is 5.28. The van der Waals surface area contributed by atoms with Crippen LogP contribution in [0.1, 0.15) is 39.9 Å². The van der Waals surface area contributed by atoms with Crippen LogP contribution < -0.4 is 10.6 Å². The Labute approximate surface area is 141 Å². The van der Waals surface area contributed by atoms with E-state index in [1.54, 1.807) is 11.6 Å². The zero-order chi connectivity index (χ0) is 16.1. The van der Waals surface area contributed by atoms with Crippen molar-refractivity contribution < 1.29 is 14.3 Å². The van der Waals surface area contributed by atoms with Crippen molar-refractivity contribution in [2.45, 2.75) is 25.4 Å². The van der Waals surface area contributed by atoms with Gasteiger partial charge >= 0.3 is 0 Å². The molecule has 0 radical (unpaired) electrons. The van der Waals surface area contributed by atoms with E-state index in [1.165, 1.54) is 22.7 Å². The zero-order valence-corrected chi connectivity index (χ0v) is 14.0. The van der Waals surface area contributed by atoms with Gasteiger partial charge in [-0.2, -0.15) is 0 Å². The highest BCUT2D eigenvalue weighted by Gasteiger charge is 2.20. The van der Waals surface area contributed by atoms with Crippen LogP contribution in [-0.2, 0) is 9.53 Å². The molecule has 0 spiro atoms. The maximum atomic E-state index is 12.1. The van der Waals surface area contributed by atoms with Crippen molar-refractivity contribution >= 4 is 39.6 Å². The smallest absolute Gasteiger partial charge is 0.261 e. The van der Waals surface area contributed by atoms with Gasteiger partial charge in [0, 0.05) is 36.0 Å². The summed E-state index contributed by atoms with van der Waals surface area (Å²) in [7, 11) is 0. The maximum absolute atomic E-state index is 12.1. The van der Waals surface area contributed by atoms with Crippen LogP contribution in [0.3, 0.4) is 0 Å². The van der Waals surface area contributed by atoms with Crippen molar-refractivity contribution in [1.82, 2.24) is 10.3 Å². The Morgan fingerprint density at radius 1 is 1.39 bits per heavy atom. The number of thiazole rings is 1. The molecule has 122 valence electrons. The summed E-state index contributed by atoms with van der Waals surface area (Å²) in [5, 5.41) is 7.81. The first-order chi connectivity index (χ1) is 11.2. The number of nitrogens with zero attached hydrogens (tertiary/aromatic N) is 1. The van der Waals surface area contributed by atoms with E-state index in [2.05, 4.69) is 15.6 Å². The third kappa shape index (κ3) is 4.37. The number of hydrogen-bond acceptors (Lipinski definition) is 6. The molecule has 3 heterocycles. The van der Waals surface area contributed by atoms with Gasteiger partial charge in [0.15, 0.2) is 5.13 Å². The molecule has 23 heavy (non-hydrogen) atoms. The van der Waals surface area contributed by atoms with E-state index in [-0.39, 0.29) is 24.3 Å². The van der Waals surface area contributed by atoms with Gasteiger partial charge in [0.1, 0.15) is 0 Å². The standard InChI is InChI=1S/C15H17N3O3S2/c19-13(18-15-17-7-9-22-15)5-6-16-14(20)12-4-3-11(23-12)10-2-1-8-21-10/h3-4,7,9-10H,1-2,5-6,8H2,(H,16,20)(H,17,18,19). The van der Waals surface area contributed by atoms with E-state index < -0.39 is 0 Å². The molecular formula is C15H17N3O3S2. The number of nitrogens with one attached hydrogen (secondary N) is 2. The van der Waals surface area contributed by atoms with Crippen LogP contribution in [0.2, 0.25) is 0 Å². The van der Waals surface area contributed by atoms with Gasteiger partial charge in [-0.05, 0) is 25.0 Å². The van der Waals surface area contributed by atoms with Gasteiger partial charge in [-0.25, -0.2) is 4.98 Å². The lowest BCUT2D eigenvalue weighted by Crippen LogP contribution is -2.27. The highest BCUT2D eigenvalue weighted by atomic mass is 32.1. The number of ether oxygens (including phenoxy) is 1. The summed E-state index contributed by atoms with van der Waals surface area (Å²) in [6.07, 6.45) is 4.06. The first kappa shape index (κ1) is 16.1. The van der Waals surface area contributed by atoms with Gasteiger partial charge in [-0.1, -0.05) is 0 Å². The Hall–Kier alpha value is -1.77. The Morgan fingerprint density at radius 3 is 3.04 bits per heavy atom. The van der Waals surface area contributed by atoms with Gasteiger partial charge in [0.2, 0.25) is 5.91 Å². The number of carbonyl (C=O) groups is 2. The summed E-state index contributed by atoms with van der Waals surface area (Å²) in [6.45, 7) is 1.08. The summed E-state index contributed by atoms with van der Waals surface area (Å²) in [5.41, 5.74) is 0. The number of hydrogen-bond donors (Lipinski definition) is 2. The number of amides is 2. The first-order valence-corrected chi connectivity index (χ1v) is 9.11. The van der Waals surface area contributed by atoms with Crippen molar-refractivity contribution in [2.75, 3.05) is 18.5 Å². The summed E-state index contributed by atoms with van der Waals surface area (Å²) < 4.78 is 5.62. The molecule has 0 bridgehead atoms. The quantitative estimate of drug-likeness (QED) is 0.839. The van der Waals surface area contributed by atoms with Crippen LogP contribution in [0.5, 0.6) is 0 Å². The molecule has 1 fully saturated rings. The molecule has 1 saturated heterocycles. The van der Waals surface area contributed by atoms with Crippen LogP contribution in [-0.4, -0.2) is 29.9 Å². The van der Waals surface area contributed by atoms with E-state index >= 15 is 0 Å². The molecule has 3 rings (SSSR count). The molecule has 0 aromatic carbocycles. The van der Waals surface area contributed by atoms with Gasteiger partial charge in [-0.3, -0.25) is 9.59 Å². The minimum Gasteiger partial charge on any atom is -0.373 e. The van der Waals surface area contributed by atoms with Crippen molar-refractivity contribution in [3.63, 3.8) is 0 Å². The number of rotatable bonds is 6. The molecule has 2 aromatic heterocycles. The average Bonchev–Trinajstić information content (AvgIpc) is 3.28. The number of anilines is 1. The average molecular weight is 351 g/mol.